The van der Waals surface area contributed by atoms with Crippen LogP contribution < -0.4 is 15.0 Å². The average Bonchev–Trinajstić information content (AvgIpc) is 3.24. The van der Waals surface area contributed by atoms with Gasteiger partial charge in [0.05, 0.1) is 26.0 Å². The van der Waals surface area contributed by atoms with Crippen LogP contribution in [0.2, 0.25) is 0 Å². The highest BCUT2D eigenvalue weighted by molar-refractivity contribution is 7.13. The van der Waals surface area contributed by atoms with Crippen molar-refractivity contribution in [2.75, 3.05) is 50.2 Å². The zero-order valence-electron chi connectivity index (χ0n) is 15.8. The fraction of sp³-hybridized carbons (Fsp3) is 0.350. The molecule has 0 saturated carbocycles. The molecule has 146 valence electrons. The van der Waals surface area contributed by atoms with E-state index in [1.807, 2.05) is 30.3 Å². The minimum absolute atomic E-state index is 0.743. The Morgan fingerprint density at radius 1 is 1.18 bits per heavy atom. The molecule has 0 spiro atoms. The van der Waals surface area contributed by atoms with Crippen LogP contribution in [0.3, 0.4) is 0 Å². The predicted molar refractivity (Wildman–Crippen MR) is 111 cm³/mol. The van der Waals surface area contributed by atoms with E-state index in [-0.39, 0.29) is 0 Å². The number of nitrogens with one attached hydrogen (secondary N) is 1. The number of methoxy groups -OCH3 is 1. The van der Waals surface area contributed by atoms with Crippen LogP contribution in [-0.4, -0.2) is 54.9 Å². The number of benzene rings is 1. The first-order valence-corrected chi connectivity index (χ1v) is 10.2. The average molecular weight is 398 g/mol. The van der Waals surface area contributed by atoms with Crippen molar-refractivity contribution in [1.82, 2.24) is 15.0 Å². The molecule has 0 amide bonds. The molecule has 0 unspecified atom stereocenters. The first kappa shape index (κ1) is 18.6. The molecule has 7 nitrogen and oxygen atoms in total. The third kappa shape index (κ3) is 4.58. The van der Waals surface area contributed by atoms with E-state index < -0.39 is 0 Å². The van der Waals surface area contributed by atoms with Crippen molar-refractivity contribution < 1.29 is 9.47 Å². The van der Waals surface area contributed by atoms with Crippen LogP contribution in [0.1, 0.15) is 5.69 Å². The first-order valence-electron chi connectivity index (χ1n) is 9.29. The Labute approximate surface area is 168 Å². The molecule has 1 saturated heterocycles. The molecule has 2 aromatic heterocycles. The molecule has 0 aliphatic carbocycles. The van der Waals surface area contributed by atoms with E-state index >= 15 is 0 Å². The van der Waals surface area contributed by atoms with Gasteiger partial charge in [0.15, 0.2) is 0 Å². The molecule has 3 heterocycles. The molecule has 3 aromatic rings. The van der Waals surface area contributed by atoms with E-state index in [2.05, 4.69) is 25.6 Å². The third-order valence-corrected chi connectivity index (χ3v) is 5.50. The van der Waals surface area contributed by atoms with Crippen molar-refractivity contribution in [1.29, 1.82) is 0 Å². The second-order valence-electron chi connectivity index (χ2n) is 6.41. The van der Waals surface area contributed by atoms with E-state index in [0.29, 0.717) is 0 Å². The second kappa shape index (κ2) is 8.99. The largest absolute Gasteiger partial charge is 0.497 e. The SMILES string of the molecule is COc1ccc(-c2nc(CCNc3cc(N4CCOCC4)ncn3)cs2)cc1. The second-order valence-corrected chi connectivity index (χ2v) is 7.27. The highest BCUT2D eigenvalue weighted by Gasteiger charge is 2.13. The van der Waals surface area contributed by atoms with Crippen LogP contribution in [-0.2, 0) is 11.2 Å². The van der Waals surface area contributed by atoms with E-state index in [1.165, 1.54) is 0 Å². The van der Waals surface area contributed by atoms with Gasteiger partial charge in [-0.2, -0.15) is 0 Å². The Hall–Kier alpha value is -2.71. The number of morpholine rings is 1. The number of thiazole rings is 1. The Balaban J connectivity index is 1.32. The highest BCUT2D eigenvalue weighted by Crippen LogP contribution is 2.26. The molecule has 0 atom stereocenters. The zero-order valence-corrected chi connectivity index (χ0v) is 16.6. The van der Waals surface area contributed by atoms with Crippen LogP contribution in [0.15, 0.2) is 42.0 Å². The van der Waals surface area contributed by atoms with Gasteiger partial charge in [-0.3, -0.25) is 0 Å². The summed E-state index contributed by atoms with van der Waals surface area (Å²) in [5.41, 5.74) is 2.18. The fourth-order valence-corrected chi connectivity index (χ4v) is 3.88. The van der Waals surface area contributed by atoms with Gasteiger partial charge in [0.25, 0.3) is 0 Å². The number of nitrogens with zero attached hydrogens (tertiary/aromatic N) is 4. The zero-order chi connectivity index (χ0) is 19.2. The molecule has 1 aliphatic rings. The number of hydrogen-bond acceptors (Lipinski definition) is 8. The minimum Gasteiger partial charge on any atom is -0.497 e. The maximum Gasteiger partial charge on any atom is 0.134 e. The van der Waals surface area contributed by atoms with Crippen molar-refractivity contribution in [2.24, 2.45) is 0 Å². The smallest absolute Gasteiger partial charge is 0.134 e. The lowest BCUT2D eigenvalue weighted by Crippen LogP contribution is -2.36. The third-order valence-electron chi connectivity index (χ3n) is 4.56. The van der Waals surface area contributed by atoms with Crippen molar-refractivity contribution in [3.8, 4) is 16.3 Å². The van der Waals surface area contributed by atoms with Gasteiger partial charge in [-0.1, -0.05) is 0 Å². The molecular formula is C20H23N5O2S. The molecule has 1 aliphatic heterocycles. The summed E-state index contributed by atoms with van der Waals surface area (Å²) >= 11 is 1.66. The number of anilines is 2. The van der Waals surface area contributed by atoms with Crippen LogP contribution >= 0.6 is 11.3 Å². The van der Waals surface area contributed by atoms with Gasteiger partial charge in [0, 0.05) is 43.1 Å². The summed E-state index contributed by atoms with van der Waals surface area (Å²) in [6, 6.07) is 9.98. The van der Waals surface area contributed by atoms with Crippen LogP contribution in [0, 0.1) is 0 Å². The summed E-state index contributed by atoms with van der Waals surface area (Å²) in [6.45, 7) is 3.98. The summed E-state index contributed by atoms with van der Waals surface area (Å²) in [5, 5.41) is 6.51. The normalized spacial score (nSPS) is 14.1. The first-order chi connectivity index (χ1) is 13.8. The molecule has 8 heteroatoms. The maximum absolute atomic E-state index is 5.40. The van der Waals surface area contributed by atoms with E-state index in [4.69, 9.17) is 14.5 Å². The van der Waals surface area contributed by atoms with Gasteiger partial charge in [-0.15, -0.1) is 11.3 Å². The van der Waals surface area contributed by atoms with Gasteiger partial charge < -0.3 is 19.7 Å². The predicted octanol–water partition coefficient (Wildman–Crippen LogP) is 3.10. The molecule has 0 radical (unpaired) electrons. The number of hydrogen-bond donors (Lipinski definition) is 1. The summed E-state index contributed by atoms with van der Waals surface area (Å²) in [5.74, 6) is 2.63. The van der Waals surface area contributed by atoms with Gasteiger partial charge in [-0.05, 0) is 24.3 Å². The van der Waals surface area contributed by atoms with Crippen molar-refractivity contribution in [3.63, 3.8) is 0 Å². The van der Waals surface area contributed by atoms with E-state index in [9.17, 15) is 0 Å². The lowest BCUT2D eigenvalue weighted by molar-refractivity contribution is 0.122. The fourth-order valence-electron chi connectivity index (χ4n) is 3.02. The molecule has 0 bridgehead atoms. The van der Waals surface area contributed by atoms with Crippen LogP contribution in [0.25, 0.3) is 10.6 Å². The van der Waals surface area contributed by atoms with Crippen LogP contribution in [0.4, 0.5) is 11.6 Å². The molecule has 1 N–H and O–H groups in total. The Kier molecular flexibility index (Phi) is 5.98. The standard InChI is InChI=1S/C20H23N5O2S/c1-26-17-4-2-15(3-5-17)20-24-16(13-28-20)6-7-21-18-12-19(23-14-22-18)25-8-10-27-11-9-25/h2-5,12-14H,6-11H2,1H3,(H,21,22,23). The molecule has 4 rings (SSSR count). The number of ether oxygens (including phenoxy) is 2. The molecular weight excluding hydrogens is 374 g/mol. The lowest BCUT2D eigenvalue weighted by Gasteiger charge is -2.27. The Morgan fingerprint density at radius 2 is 2.00 bits per heavy atom. The quantitative estimate of drug-likeness (QED) is 0.657. The topological polar surface area (TPSA) is 72.4 Å². The Morgan fingerprint density at radius 3 is 2.79 bits per heavy atom. The molecule has 1 aromatic carbocycles. The van der Waals surface area contributed by atoms with Crippen molar-refractivity contribution in [3.05, 3.63) is 47.7 Å². The van der Waals surface area contributed by atoms with E-state index in [0.717, 1.165) is 72.9 Å². The minimum atomic E-state index is 0.743. The summed E-state index contributed by atoms with van der Waals surface area (Å²) in [6.07, 6.45) is 2.45. The van der Waals surface area contributed by atoms with Crippen LogP contribution in [0.5, 0.6) is 5.75 Å². The Bertz CT molecular complexity index is 894. The lowest BCUT2D eigenvalue weighted by atomic mass is 10.2. The monoisotopic (exact) mass is 397 g/mol. The highest BCUT2D eigenvalue weighted by atomic mass is 32.1. The molecule has 28 heavy (non-hydrogen) atoms. The summed E-state index contributed by atoms with van der Waals surface area (Å²) in [4.78, 5) is 15.7. The number of aromatic nitrogens is 3. The summed E-state index contributed by atoms with van der Waals surface area (Å²) in [7, 11) is 1.67. The van der Waals surface area contributed by atoms with Gasteiger partial charge in [0.2, 0.25) is 0 Å². The van der Waals surface area contributed by atoms with Gasteiger partial charge in [0.1, 0.15) is 28.7 Å². The van der Waals surface area contributed by atoms with Gasteiger partial charge in [-0.25, -0.2) is 15.0 Å². The molecule has 1 fully saturated rings. The van der Waals surface area contributed by atoms with Gasteiger partial charge >= 0.3 is 0 Å². The number of rotatable bonds is 7. The van der Waals surface area contributed by atoms with Crippen molar-refractivity contribution in [2.45, 2.75) is 6.42 Å². The maximum atomic E-state index is 5.40. The summed E-state index contributed by atoms with van der Waals surface area (Å²) < 4.78 is 10.6. The van der Waals surface area contributed by atoms with Crippen molar-refractivity contribution >= 4 is 23.0 Å². The van der Waals surface area contributed by atoms with E-state index in [1.54, 1.807) is 24.8 Å².